The minimum Gasteiger partial charge on any atom is -0.618 e. The number of hydrogen-bond acceptors (Lipinski definition) is 4. The molecule has 0 aliphatic carbocycles. The van der Waals surface area contributed by atoms with Crippen LogP contribution in [-0.4, -0.2) is 35.6 Å². The van der Waals surface area contributed by atoms with Crippen LogP contribution in [0.15, 0.2) is 60.7 Å². The number of benzene rings is 2. The van der Waals surface area contributed by atoms with Crippen LogP contribution in [0.25, 0.3) is 0 Å². The van der Waals surface area contributed by atoms with Gasteiger partial charge in [0.15, 0.2) is 6.21 Å². The number of rotatable bonds is 3. The molecule has 0 atom stereocenters. The van der Waals surface area contributed by atoms with E-state index in [2.05, 4.69) is 4.74 Å². The van der Waals surface area contributed by atoms with Crippen molar-refractivity contribution in [2.24, 2.45) is 0 Å². The van der Waals surface area contributed by atoms with Crippen LogP contribution in [0.2, 0.25) is 0 Å². The van der Waals surface area contributed by atoms with Gasteiger partial charge >= 0.3 is 0 Å². The summed E-state index contributed by atoms with van der Waals surface area (Å²) >= 11 is 0. The van der Waals surface area contributed by atoms with E-state index in [1.165, 1.54) is 7.11 Å². The molecule has 0 heterocycles. The molecule has 0 aliphatic rings. The largest absolute Gasteiger partial charge is 0.618 e. The minimum absolute atomic E-state index is 0.375. The molecule has 0 spiro atoms. The molecule has 0 bridgehead atoms. The molecule has 0 unspecified atom stereocenters. The summed E-state index contributed by atoms with van der Waals surface area (Å²) in [5.41, 5.74) is 1.54. The maximum absolute atomic E-state index is 11.7. The van der Waals surface area contributed by atoms with E-state index in [4.69, 9.17) is 14.7 Å². The second kappa shape index (κ2) is 12.6. The van der Waals surface area contributed by atoms with Crippen molar-refractivity contribution in [1.82, 2.24) is 0 Å². The molecule has 2 aromatic rings. The molecule has 6 nitrogen and oxygen atoms in total. The zero-order chi connectivity index (χ0) is 17.5. The number of carbonyl (C=O) groups excluding carboxylic acids is 1. The average Bonchev–Trinajstić information content (AvgIpc) is 2.56. The van der Waals surface area contributed by atoms with Gasteiger partial charge in [-0.25, -0.2) is 0 Å². The number of ether oxygens (including phenoxy) is 1. The van der Waals surface area contributed by atoms with Gasteiger partial charge in [-0.05, 0) is 12.1 Å². The molecule has 0 amide bonds. The lowest BCUT2D eigenvalue weighted by molar-refractivity contribution is -0.354. The van der Waals surface area contributed by atoms with Gasteiger partial charge in [0.1, 0.15) is 0 Å². The maximum Gasteiger partial charge on any atom is 0.300 e. The monoisotopic (exact) mass is 317 g/mol. The van der Waals surface area contributed by atoms with Crippen molar-refractivity contribution in [2.45, 2.75) is 6.92 Å². The second-order valence-corrected chi connectivity index (χ2v) is 4.05. The zero-order valence-corrected chi connectivity index (χ0v) is 13.0. The van der Waals surface area contributed by atoms with Crippen LogP contribution in [0.4, 0.5) is 5.69 Å². The Bertz CT molecular complexity index is 593. The summed E-state index contributed by atoms with van der Waals surface area (Å²) in [7, 11) is 1.31. The Morgan fingerprint density at radius 2 is 1.48 bits per heavy atom. The maximum atomic E-state index is 11.7. The average molecular weight is 317 g/mol. The van der Waals surface area contributed by atoms with Gasteiger partial charge in [-0.3, -0.25) is 9.59 Å². The molecule has 0 saturated carbocycles. The van der Waals surface area contributed by atoms with Gasteiger partial charge in [-0.1, -0.05) is 36.4 Å². The smallest absolute Gasteiger partial charge is 0.300 e. The Hall–Kier alpha value is -3.15. The summed E-state index contributed by atoms with van der Waals surface area (Å²) in [4.78, 5) is 18.0. The summed E-state index contributed by atoms with van der Waals surface area (Å²) in [6.07, 6.45) is 1.56. The van der Waals surface area contributed by atoms with Crippen molar-refractivity contribution < 1.29 is 24.2 Å². The lowest BCUT2D eigenvalue weighted by atomic mass is 10.2. The van der Waals surface area contributed by atoms with Crippen molar-refractivity contribution >= 4 is 24.3 Å². The molecule has 1 N–H and O–H groups in total. The third-order valence-electron chi connectivity index (χ3n) is 2.17. The first-order valence-electron chi connectivity index (χ1n) is 6.58. The van der Waals surface area contributed by atoms with Crippen LogP contribution < -0.4 is 0 Å². The highest BCUT2D eigenvalue weighted by molar-refractivity contribution is 5.76. The van der Waals surface area contributed by atoms with E-state index >= 15 is 0 Å². The van der Waals surface area contributed by atoms with E-state index in [0.717, 1.165) is 17.2 Å². The van der Waals surface area contributed by atoms with Gasteiger partial charge < -0.3 is 15.1 Å². The number of hydrogen-bond donors (Lipinski definition) is 1. The standard InChI is InChI=1S/C13H11NO.2C2H4O2/c15-14(13-9-5-2-6-10-13)11-12-7-3-1-4-8-12;1-4-2-3;1-2(3)4/h1-11H;2H,1H3;1H3,(H,3,4)/b14-11-;;. The molecular weight excluding hydrogens is 298 g/mol. The van der Waals surface area contributed by atoms with Gasteiger partial charge in [-0.2, -0.15) is 4.74 Å². The summed E-state index contributed by atoms with van der Waals surface area (Å²) in [5, 5.41) is 19.1. The van der Waals surface area contributed by atoms with Crippen LogP contribution in [-0.2, 0) is 14.3 Å². The number of para-hydroxylation sites is 1. The number of carboxylic acid groups (broad SMARTS) is 1. The third-order valence-corrected chi connectivity index (χ3v) is 2.17. The molecular formula is C17H19NO5. The fourth-order valence-corrected chi connectivity index (χ4v) is 1.32. The van der Waals surface area contributed by atoms with Gasteiger partial charge in [-0.15, -0.1) is 0 Å². The molecule has 6 heteroatoms. The molecule has 2 aromatic carbocycles. The van der Waals surface area contributed by atoms with Gasteiger partial charge in [0.25, 0.3) is 12.4 Å². The van der Waals surface area contributed by atoms with E-state index in [1.54, 1.807) is 18.3 Å². The topological polar surface area (TPSA) is 89.7 Å². The number of carboxylic acids is 1. The highest BCUT2D eigenvalue weighted by Gasteiger charge is 1.98. The Morgan fingerprint density at radius 3 is 1.87 bits per heavy atom. The Kier molecular flexibility index (Phi) is 10.9. The van der Waals surface area contributed by atoms with Crippen LogP contribution in [0.1, 0.15) is 12.5 Å². The quantitative estimate of drug-likeness (QED) is 0.309. The SMILES string of the molecule is CC(=O)O.COC=O.[O-]/[N+](=C\c1ccccc1)c1ccccc1. The van der Waals surface area contributed by atoms with Crippen molar-refractivity contribution in [3.63, 3.8) is 0 Å². The van der Waals surface area contributed by atoms with Crippen LogP contribution in [0.5, 0.6) is 0 Å². The molecule has 122 valence electrons. The fourth-order valence-electron chi connectivity index (χ4n) is 1.32. The Balaban J connectivity index is 0.000000509. The normalized spacial score (nSPS) is 9.39. The molecule has 0 radical (unpaired) electrons. The molecule has 0 saturated heterocycles. The van der Waals surface area contributed by atoms with E-state index < -0.39 is 5.97 Å². The first-order valence-corrected chi connectivity index (χ1v) is 6.58. The predicted octanol–water partition coefficient (Wildman–Crippen LogP) is 2.83. The van der Waals surface area contributed by atoms with E-state index in [9.17, 15) is 5.21 Å². The summed E-state index contributed by atoms with van der Waals surface area (Å²) < 4.78 is 4.73. The fraction of sp³-hybridized carbons (Fsp3) is 0.118. The second-order valence-electron chi connectivity index (χ2n) is 4.05. The number of nitrogens with zero attached hydrogens (tertiary/aromatic N) is 1. The van der Waals surface area contributed by atoms with Gasteiger partial charge in [0, 0.05) is 24.6 Å². The van der Waals surface area contributed by atoms with E-state index in [1.807, 2.05) is 48.5 Å². The van der Waals surface area contributed by atoms with Gasteiger partial charge in [0.05, 0.1) is 7.11 Å². The zero-order valence-electron chi connectivity index (χ0n) is 13.0. The molecule has 23 heavy (non-hydrogen) atoms. The molecule has 2 rings (SSSR count). The molecule has 0 aliphatic heterocycles. The highest BCUT2D eigenvalue weighted by atomic mass is 16.5. The third kappa shape index (κ3) is 11.2. The Labute approximate surface area is 134 Å². The first kappa shape index (κ1) is 19.9. The minimum atomic E-state index is -0.833. The Morgan fingerprint density at radius 1 is 1.09 bits per heavy atom. The first-order chi connectivity index (χ1) is 11.0. The van der Waals surface area contributed by atoms with E-state index in [0.29, 0.717) is 12.2 Å². The summed E-state index contributed by atoms with van der Waals surface area (Å²) in [5.74, 6) is -0.833. The van der Waals surface area contributed by atoms with Crippen LogP contribution in [0, 0.1) is 5.21 Å². The lowest BCUT2D eigenvalue weighted by Gasteiger charge is -2.01. The van der Waals surface area contributed by atoms with Crippen molar-refractivity contribution in [3.8, 4) is 0 Å². The summed E-state index contributed by atoms with van der Waals surface area (Å²) in [6.45, 7) is 1.46. The number of carbonyl (C=O) groups is 2. The van der Waals surface area contributed by atoms with Crippen molar-refractivity contribution in [3.05, 3.63) is 71.4 Å². The van der Waals surface area contributed by atoms with Crippen molar-refractivity contribution in [2.75, 3.05) is 7.11 Å². The highest BCUT2D eigenvalue weighted by Crippen LogP contribution is 2.09. The summed E-state index contributed by atoms with van der Waals surface area (Å²) in [6, 6.07) is 18.7. The number of methoxy groups -OCH3 is 1. The van der Waals surface area contributed by atoms with Gasteiger partial charge in [0.2, 0.25) is 5.69 Å². The van der Waals surface area contributed by atoms with E-state index in [-0.39, 0.29) is 0 Å². The van der Waals surface area contributed by atoms with Crippen LogP contribution >= 0.6 is 0 Å². The number of aliphatic carboxylic acids is 1. The molecule has 0 aromatic heterocycles. The van der Waals surface area contributed by atoms with Crippen molar-refractivity contribution in [1.29, 1.82) is 0 Å². The predicted molar refractivity (Wildman–Crippen MR) is 87.7 cm³/mol. The van der Waals surface area contributed by atoms with Crippen LogP contribution in [0.3, 0.4) is 0 Å². The molecule has 0 fully saturated rings. The lowest BCUT2D eigenvalue weighted by Crippen LogP contribution is -1.97.